The number of benzene rings is 2. The minimum absolute atomic E-state index is 0.0739. The first-order valence-electron chi connectivity index (χ1n) is 10.8. The van der Waals surface area contributed by atoms with E-state index in [0.717, 1.165) is 17.0 Å². The SMILES string of the molecule is CC1(C(C)(c2ccc(OCc3ccccn3)cc2)c2ccc(-c3nnc(N)o3)cc2)CC1. The second-order valence-corrected chi connectivity index (χ2v) is 8.84. The van der Waals surface area contributed by atoms with Crippen LogP contribution in [0.2, 0.25) is 0 Å². The van der Waals surface area contributed by atoms with Crippen molar-refractivity contribution in [2.75, 3.05) is 5.73 Å². The molecule has 2 heterocycles. The smallest absolute Gasteiger partial charge is 0.313 e. The van der Waals surface area contributed by atoms with Crippen molar-refractivity contribution in [3.05, 3.63) is 89.7 Å². The van der Waals surface area contributed by atoms with Crippen LogP contribution in [-0.4, -0.2) is 15.2 Å². The van der Waals surface area contributed by atoms with E-state index in [1.165, 1.54) is 24.0 Å². The fraction of sp³-hybridized carbons (Fsp3) is 0.269. The highest BCUT2D eigenvalue weighted by Gasteiger charge is 2.54. The quantitative estimate of drug-likeness (QED) is 0.426. The van der Waals surface area contributed by atoms with E-state index in [4.69, 9.17) is 14.9 Å². The second-order valence-electron chi connectivity index (χ2n) is 8.84. The number of nitrogens with two attached hydrogens (primary N) is 1. The lowest BCUT2D eigenvalue weighted by Crippen LogP contribution is -2.33. The zero-order valence-electron chi connectivity index (χ0n) is 18.3. The number of nitrogens with zero attached hydrogens (tertiary/aromatic N) is 3. The van der Waals surface area contributed by atoms with Crippen molar-refractivity contribution in [2.45, 2.75) is 38.7 Å². The highest BCUT2D eigenvalue weighted by atomic mass is 16.5. The number of hydrogen-bond acceptors (Lipinski definition) is 6. The average Bonchev–Trinajstić information content (AvgIpc) is 3.45. The van der Waals surface area contributed by atoms with Crippen LogP contribution in [0, 0.1) is 5.41 Å². The number of ether oxygens (including phenoxy) is 1. The molecule has 4 aromatic rings. The number of pyridine rings is 1. The Kier molecular flexibility index (Phi) is 4.93. The highest BCUT2D eigenvalue weighted by Crippen LogP contribution is 2.62. The molecule has 1 aliphatic carbocycles. The van der Waals surface area contributed by atoms with Crippen LogP contribution >= 0.6 is 0 Å². The summed E-state index contributed by atoms with van der Waals surface area (Å²) in [6.07, 6.45) is 4.18. The first-order valence-corrected chi connectivity index (χ1v) is 10.8. The molecule has 162 valence electrons. The zero-order valence-corrected chi connectivity index (χ0v) is 18.3. The predicted octanol–water partition coefficient (Wildman–Crippen LogP) is 5.40. The van der Waals surface area contributed by atoms with Crippen molar-refractivity contribution >= 4 is 6.01 Å². The van der Waals surface area contributed by atoms with E-state index in [2.05, 4.69) is 65.4 Å². The van der Waals surface area contributed by atoms with Gasteiger partial charge in [0, 0.05) is 17.2 Å². The van der Waals surface area contributed by atoms with Crippen LogP contribution in [0.1, 0.15) is 43.5 Å². The van der Waals surface area contributed by atoms with Crippen molar-refractivity contribution in [2.24, 2.45) is 5.41 Å². The van der Waals surface area contributed by atoms with Crippen molar-refractivity contribution in [3.8, 4) is 17.2 Å². The molecule has 0 saturated heterocycles. The molecule has 0 amide bonds. The zero-order chi connectivity index (χ0) is 22.2. The minimum atomic E-state index is -0.126. The van der Waals surface area contributed by atoms with Gasteiger partial charge in [-0.25, -0.2) is 0 Å². The number of hydrogen-bond donors (Lipinski definition) is 1. The summed E-state index contributed by atoms with van der Waals surface area (Å²) in [5.41, 5.74) is 9.96. The summed E-state index contributed by atoms with van der Waals surface area (Å²) in [6.45, 7) is 5.16. The van der Waals surface area contributed by atoms with E-state index in [1.54, 1.807) is 6.20 Å². The predicted molar refractivity (Wildman–Crippen MR) is 123 cm³/mol. The Morgan fingerprint density at radius 1 is 0.969 bits per heavy atom. The van der Waals surface area contributed by atoms with Crippen LogP contribution in [0.25, 0.3) is 11.5 Å². The summed E-state index contributed by atoms with van der Waals surface area (Å²) in [5.74, 6) is 1.27. The van der Waals surface area contributed by atoms with Crippen LogP contribution in [0.15, 0.2) is 77.3 Å². The Bertz CT molecular complexity index is 1200. The van der Waals surface area contributed by atoms with Crippen molar-refractivity contribution < 1.29 is 9.15 Å². The molecule has 2 N–H and O–H groups in total. The van der Waals surface area contributed by atoms with E-state index in [9.17, 15) is 0 Å². The number of rotatable bonds is 7. The Hall–Kier alpha value is -3.67. The van der Waals surface area contributed by atoms with Gasteiger partial charge in [-0.2, -0.15) is 0 Å². The average molecular weight is 427 g/mol. The summed E-state index contributed by atoms with van der Waals surface area (Å²) >= 11 is 0. The maximum Gasteiger partial charge on any atom is 0.313 e. The van der Waals surface area contributed by atoms with Gasteiger partial charge in [0.05, 0.1) is 5.69 Å². The lowest BCUT2D eigenvalue weighted by Gasteiger charge is -2.38. The second kappa shape index (κ2) is 7.79. The summed E-state index contributed by atoms with van der Waals surface area (Å²) < 4.78 is 11.3. The van der Waals surface area contributed by atoms with E-state index >= 15 is 0 Å². The molecule has 6 nitrogen and oxygen atoms in total. The third-order valence-corrected chi connectivity index (χ3v) is 6.90. The Labute approximate surface area is 187 Å². The summed E-state index contributed by atoms with van der Waals surface area (Å²) in [5, 5.41) is 7.74. The Morgan fingerprint density at radius 2 is 1.66 bits per heavy atom. The molecule has 0 spiro atoms. The molecule has 1 aliphatic rings. The molecule has 0 radical (unpaired) electrons. The van der Waals surface area contributed by atoms with Gasteiger partial charge in [-0.05, 0) is 65.8 Å². The molecule has 0 aliphatic heterocycles. The van der Waals surface area contributed by atoms with Gasteiger partial charge in [0.25, 0.3) is 0 Å². The Morgan fingerprint density at radius 3 is 2.22 bits per heavy atom. The molecular formula is C26H26N4O2. The van der Waals surface area contributed by atoms with Gasteiger partial charge in [-0.1, -0.05) is 49.3 Å². The van der Waals surface area contributed by atoms with Gasteiger partial charge < -0.3 is 14.9 Å². The largest absolute Gasteiger partial charge is 0.487 e. The standard InChI is InChI=1S/C26H26N4O2/c1-25(14-15-25)26(2,19-8-6-18(7-9-19)23-29-30-24(27)32-23)20-10-12-22(13-11-20)31-17-21-5-3-4-16-28-21/h3-13,16H,14-15,17H2,1-2H3,(H2,27,30). The van der Waals surface area contributed by atoms with Gasteiger partial charge in [0.1, 0.15) is 12.4 Å². The Balaban J connectivity index is 1.41. The van der Waals surface area contributed by atoms with E-state index in [-0.39, 0.29) is 16.8 Å². The van der Waals surface area contributed by atoms with Gasteiger partial charge in [-0.15, -0.1) is 5.10 Å². The van der Waals surface area contributed by atoms with Crippen LogP contribution in [0.5, 0.6) is 5.75 Å². The molecular weight excluding hydrogens is 400 g/mol. The molecule has 2 aromatic heterocycles. The fourth-order valence-corrected chi connectivity index (χ4v) is 4.37. The molecule has 2 aromatic carbocycles. The summed E-state index contributed by atoms with van der Waals surface area (Å²) in [6, 6.07) is 22.7. The van der Waals surface area contributed by atoms with E-state index in [0.29, 0.717) is 12.5 Å². The van der Waals surface area contributed by atoms with Gasteiger partial charge in [-0.3, -0.25) is 4.98 Å². The normalized spacial score (nSPS) is 16.3. The molecule has 1 unspecified atom stereocenters. The minimum Gasteiger partial charge on any atom is -0.487 e. The monoisotopic (exact) mass is 426 g/mol. The highest BCUT2D eigenvalue weighted by molar-refractivity contribution is 5.56. The molecule has 5 rings (SSSR count). The fourth-order valence-electron chi connectivity index (χ4n) is 4.37. The molecule has 1 fully saturated rings. The topological polar surface area (TPSA) is 87.1 Å². The van der Waals surface area contributed by atoms with Gasteiger partial charge in [0.15, 0.2) is 0 Å². The molecule has 0 bridgehead atoms. The maximum atomic E-state index is 5.94. The number of anilines is 1. The van der Waals surface area contributed by atoms with Gasteiger partial charge in [0.2, 0.25) is 5.89 Å². The molecule has 1 saturated carbocycles. The lowest BCUT2D eigenvalue weighted by atomic mass is 9.65. The van der Waals surface area contributed by atoms with E-state index in [1.807, 2.05) is 30.3 Å². The maximum absolute atomic E-state index is 5.94. The van der Waals surface area contributed by atoms with Crippen molar-refractivity contribution in [1.29, 1.82) is 0 Å². The van der Waals surface area contributed by atoms with Crippen LogP contribution in [-0.2, 0) is 12.0 Å². The molecule has 6 heteroatoms. The third-order valence-electron chi connectivity index (χ3n) is 6.90. The number of aromatic nitrogens is 3. The number of nitrogen functional groups attached to an aromatic ring is 1. The molecule has 32 heavy (non-hydrogen) atoms. The van der Waals surface area contributed by atoms with Gasteiger partial charge >= 0.3 is 6.01 Å². The van der Waals surface area contributed by atoms with Crippen LogP contribution in [0.4, 0.5) is 6.01 Å². The summed E-state index contributed by atoms with van der Waals surface area (Å²) in [4.78, 5) is 4.31. The van der Waals surface area contributed by atoms with Crippen LogP contribution in [0.3, 0.4) is 0 Å². The first-order chi connectivity index (χ1) is 15.5. The third kappa shape index (κ3) is 3.62. The molecule has 1 atom stereocenters. The van der Waals surface area contributed by atoms with Crippen molar-refractivity contribution in [1.82, 2.24) is 15.2 Å². The van der Waals surface area contributed by atoms with Crippen molar-refractivity contribution in [3.63, 3.8) is 0 Å². The lowest BCUT2D eigenvalue weighted by molar-refractivity contribution is 0.300. The van der Waals surface area contributed by atoms with E-state index < -0.39 is 0 Å². The first kappa shape index (κ1) is 20.2. The summed E-state index contributed by atoms with van der Waals surface area (Å²) in [7, 11) is 0. The van der Waals surface area contributed by atoms with Crippen LogP contribution < -0.4 is 10.5 Å².